The highest BCUT2D eigenvalue weighted by molar-refractivity contribution is 14.1. The van der Waals surface area contributed by atoms with Crippen LogP contribution in [0, 0.1) is 0 Å². The predicted molar refractivity (Wildman–Crippen MR) is 94.5 cm³/mol. The van der Waals surface area contributed by atoms with Crippen molar-refractivity contribution in [3.63, 3.8) is 0 Å². The van der Waals surface area contributed by atoms with E-state index in [0.29, 0.717) is 24.1 Å². The van der Waals surface area contributed by atoms with Crippen molar-refractivity contribution < 1.29 is 23.9 Å². The van der Waals surface area contributed by atoms with Gasteiger partial charge in [0.15, 0.2) is 0 Å². The van der Waals surface area contributed by atoms with Crippen molar-refractivity contribution in [2.75, 3.05) is 5.75 Å². The summed E-state index contributed by atoms with van der Waals surface area (Å²) >= 11 is 1.33. The molecule has 0 amide bonds. The first-order valence-corrected chi connectivity index (χ1v) is 10.6. The minimum Gasteiger partial charge on any atom is -0.282 e. The Morgan fingerprint density at radius 1 is 1.30 bits per heavy atom. The first-order chi connectivity index (χ1) is 10.5. The van der Waals surface area contributed by atoms with E-state index < -0.39 is 25.7 Å². The fourth-order valence-electron chi connectivity index (χ4n) is 2.66. The molecule has 1 atom stereocenters. The van der Waals surface area contributed by atoms with E-state index in [1.165, 1.54) is 41.2 Å². The zero-order chi connectivity index (χ0) is 17.5. The summed E-state index contributed by atoms with van der Waals surface area (Å²) in [7, 11) is -7.86. The van der Waals surface area contributed by atoms with Gasteiger partial charge in [0, 0.05) is 11.1 Å². The second-order valence-corrected chi connectivity index (χ2v) is 9.76. The highest BCUT2D eigenvalue weighted by Gasteiger charge is 2.37. The summed E-state index contributed by atoms with van der Waals surface area (Å²) in [5.41, 5.74) is 1.48. The number of aliphatic imine (C=N–C) groups is 1. The van der Waals surface area contributed by atoms with E-state index in [4.69, 9.17) is 0 Å². The van der Waals surface area contributed by atoms with Crippen LogP contribution in [0.1, 0.15) is 32.3 Å². The van der Waals surface area contributed by atoms with Crippen molar-refractivity contribution in [1.29, 1.82) is 0 Å². The molecule has 0 aromatic heterocycles. The molecule has 23 heavy (non-hydrogen) atoms. The van der Waals surface area contributed by atoms with E-state index in [1.807, 2.05) is 13.8 Å². The van der Waals surface area contributed by atoms with Gasteiger partial charge >= 0.3 is 0 Å². The lowest BCUT2D eigenvalue weighted by atomic mass is 9.76. The molecule has 2 rings (SSSR count). The Morgan fingerprint density at radius 3 is 2.52 bits per heavy atom. The van der Waals surface area contributed by atoms with E-state index in [2.05, 4.69) is 7.50 Å². The summed E-state index contributed by atoms with van der Waals surface area (Å²) in [6.07, 6.45) is 0.799. The van der Waals surface area contributed by atoms with Crippen LogP contribution in [0.25, 0.3) is 0 Å². The molecule has 1 heterocycles. The van der Waals surface area contributed by atoms with Gasteiger partial charge in [-0.25, -0.2) is 0 Å². The van der Waals surface area contributed by atoms with Gasteiger partial charge in [0.05, 0.1) is 16.3 Å². The number of nitrogens with zero attached hydrogens (tertiary/aromatic N) is 1. The zero-order valence-electron chi connectivity index (χ0n) is 12.5. The van der Waals surface area contributed by atoms with Crippen LogP contribution >= 0.6 is 23.0 Å². The Kier molecular flexibility index (Phi) is 5.22. The van der Waals surface area contributed by atoms with Crippen LogP contribution in [0.5, 0.6) is 0 Å². The summed E-state index contributed by atoms with van der Waals surface area (Å²) < 4.78 is 59.1. The van der Waals surface area contributed by atoms with Crippen molar-refractivity contribution in [3.8, 4) is 0 Å². The summed E-state index contributed by atoms with van der Waals surface area (Å²) in [6, 6.07) is 4.23. The minimum atomic E-state index is -4.31. The van der Waals surface area contributed by atoms with Crippen LogP contribution in [-0.4, -0.2) is 32.9 Å². The van der Waals surface area contributed by atoms with E-state index in [0.717, 1.165) is 5.71 Å². The van der Waals surface area contributed by atoms with Crippen LogP contribution in [0.15, 0.2) is 28.1 Å². The average Bonchev–Trinajstić information content (AvgIpc) is 2.69. The average molecular weight is 473 g/mol. The van der Waals surface area contributed by atoms with Crippen LogP contribution in [0.4, 0.5) is 5.69 Å². The van der Waals surface area contributed by atoms with Crippen molar-refractivity contribution in [3.05, 3.63) is 23.8 Å². The number of hydrogen-bond acceptors (Lipinski definition) is 6. The molecule has 1 unspecified atom stereocenters. The zero-order valence-corrected chi connectivity index (χ0v) is 16.3. The Morgan fingerprint density at radius 2 is 1.96 bits per heavy atom. The number of benzene rings is 1. The molecule has 1 aliphatic rings. The van der Waals surface area contributed by atoms with Gasteiger partial charge in [-0.2, -0.15) is 19.3 Å². The lowest BCUT2D eigenvalue weighted by Crippen LogP contribution is -2.28. The molecule has 1 aliphatic heterocycles. The quantitative estimate of drug-likeness (QED) is 0.503. The maximum atomic E-state index is 11.4. The van der Waals surface area contributed by atoms with Gasteiger partial charge in [-0.15, -0.1) is 0 Å². The number of hydrogen-bond donors (Lipinski definition) is 1. The Labute approximate surface area is 149 Å². The number of fused-ring (bicyclic) bond motifs is 1. The van der Waals surface area contributed by atoms with Gasteiger partial charge in [-0.1, -0.05) is 6.92 Å². The molecular weight excluding hydrogens is 457 g/mol. The Hall–Kier alpha value is -0.560. The van der Waals surface area contributed by atoms with Gasteiger partial charge in [0.2, 0.25) is 0 Å². The lowest BCUT2D eigenvalue weighted by molar-refractivity contribution is 0.482. The van der Waals surface area contributed by atoms with Gasteiger partial charge in [-0.3, -0.25) is 9.55 Å². The number of rotatable bonds is 6. The fourth-order valence-corrected chi connectivity index (χ4v) is 4.27. The third-order valence-electron chi connectivity index (χ3n) is 4.11. The largest absolute Gasteiger partial charge is 0.294 e. The van der Waals surface area contributed by atoms with Gasteiger partial charge in [-0.05, 0) is 43.5 Å². The molecule has 10 heteroatoms. The Bertz CT molecular complexity index is 862. The molecular formula is C13H16INO6S2. The van der Waals surface area contributed by atoms with E-state index in [9.17, 15) is 21.4 Å². The second kappa shape index (κ2) is 6.39. The molecule has 1 aromatic carbocycles. The highest BCUT2D eigenvalue weighted by Crippen LogP contribution is 2.44. The molecule has 0 spiro atoms. The molecule has 128 valence electrons. The topological polar surface area (TPSA) is 110 Å². The predicted octanol–water partition coefficient (Wildman–Crippen LogP) is 2.77. The maximum absolute atomic E-state index is 11.4. The molecule has 0 saturated carbocycles. The van der Waals surface area contributed by atoms with Gasteiger partial charge < -0.3 is 0 Å². The molecule has 0 aliphatic carbocycles. The standard InChI is InChI=1S/C13H16INO6S2/c1-9-13(2,6-3-7-22(16,17)21-14)11-8-10(23(18,19)20)4-5-12(11)15-9/h4-5,8H,3,6-7H2,1-2H3,(H,18,19,20). The van der Waals surface area contributed by atoms with E-state index in [1.54, 1.807) is 0 Å². The molecule has 1 N–H and O–H groups in total. The third kappa shape index (κ3) is 3.92. The second-order valence-electron chi connectivity index (χ2n) is 5.61. The lowest BCUT2D eigenvalue weighted by Gasteiger charge is -2.26. The summed E-state index contributed by atoms with van der Waals surface area (Å²) in [5.74, 6) is -0.133. The van der Waals surface area contributed by atoms with Crippen molar-refractivity contribution in [1.82, 2.24) is 0 Å². The molecule has 7 nitrogen and oxygen atoms in total. The minimum absolute atomic E-state index is 0.133. The van der Waals surface area contributed by atoms with Crippen molar-refractivity contribution >= 4 is 54.6 Å². The Balaban J connectivity index is 2.32. The summed E-state index contributed by atoms with van der Waals surface area (Å²) in [6.45, 7) is 3.69. The molecule has 0 saturated heterocycles. The SMILES string of the molecule is CC1=Nc2ccc(S(=O)(=O)O)cc2C1(C)CCCS(=O)(=O)OI. The normalized spacial score (nSPS) is 21.1. The van der Waals surface area contributed by atoms with Crippen LogP contribution < -0.4 is 0 Å². The highest BCUT2D eigenvalue weighted by atomic mass is 127. The molecule has 1 aromatic rings. The summed E-state index contributed by atoms with van der Waals surface area (Å²) in [5, 5.41) is 0. The van der Waals surface area contributed by atoms with Crippen LogP contribution in [0.2, 0.25) is 0 Å². The first-order valence-electron chi connectivity index (χ1n) is 6.70. The molecule has 0 bridgehead atoms. The molecule has 0 radical (unpaired) electrons. The van der Waals surface area contributed by atoms with Gasteiger partial charge in [0.25, 0.3) is 20.2 Å². The fraction of sp³-hybridized carbons (Fsp3) is 0.462. The van der Waals surface area contributed by atoms with Crippen molar-refractivity contribution in [2.45, 2.75) is 37.0 Å². The van der Waals surface area contributed by atoms with Crippen molar-refractivity contribution in [2.24, 2.45) is 4.99 Å². The molecule has 0 fully saturated rings. The smallest absolute Gasteiger partial charge is 0.282 e. The maximum Gasteiger partial charge on any atom is 0.294 e. The van der Waals surface area contributed by atoms with Crippen LogP contribution in [-0.2, 0) is 28.2 Å². The van der Waals surface area contributed by atoms with E-state index >= 15 is 0 Å². The summed E-state index contributed by atoms with van der Waals surface area (Å²) in [4.78, 5) is 4.22. The van der Waals surface area contributed by atoms with Gasteiger partial charge in [0.1, 0.15) is 23.0 Å². The monoisotopic (exact) mass is 473 g/mol. The van der Waals surface area contributed by atoms with Crippen LogP contribution in [0.3, 0.4) is 0 Å². The first kappa shape index (κ1) is 18.8. The number of halogens is 1. The van der Waals surface area contributed by atoms with E-state index in [-0.39, 0.29) is 10.6 Å². The third-order valence-corrected chi connectivity index (χ3v) is 7.59.